The largest absolute Gasteiger partial charge is 0.365 e. The number of nitrogens with zero attached hydrogens (tertiary/aromatic N) is 4. The van der Waals surface area contributed by atoms with Gasteiger partial charge in [-0.3, -0.25) is 19.9 Å². The van der Waals surface area contributed by atoms with E-state index in [0.717, 1.165) is 16.9 Å². The first-order valence-electron chi connectivity index (χ1n) is 11.7. The smallest absolute Gasteiger partial charge is 0.269 e. The fourth-order valence-corrected chi connectivity index (χ4v) is 5.14. The number of nitrogens with one attached hydrogen (secondary N) is 1. The van der Waals surface area contributed by atoms with Gasteiger partial charge < -0.3 is 15.1 Å². The first-order chi connectivity index (χ1) is 17.0. The molecule has 8 nitrogen and oxygen atoms in total. The van der Waals surface area contributed by atoms with Crippen LogP contribution in [0.1, 0.15) is 11.3 Å². The Morgan fingerprint density at radius 2 is 1.94 bits per heavy atom. The minimum atomic E-state index is -0.428. The molecular formula is C26H26FN5O3. The topological polar surface area (TPSA) is 91.6 Å². The van der Waals surface area contributed by atoms with Crippen molar-refractivity contribution in [1.29, 1.82) is 0 Å². The summed E-state index contributed by atoms with van der Waals surface area (Å²) in [5, 5.41) is 14.4. The maximum absolute atomic E-state index is 14.5. The molecule has 1 aromatic heterocycles. The molecule has 0 bridgehead atoms. The lowest BCUT2D eigenvalue weighted by atomic mass is 9.83. The maximum atomic E-state index is 14.5. The molecule has 0 aliphatic carbocycles. The van der Waals surface area contributed by atoms with Gasteiger partial charge in [0, 0.05) is 62.3 Å². The van der Waals surface area contributed by atoms with Crippen molar-refractivity contribution in [2.75, 3.05) is 36.0 Å². The number of nitro groups is 1. The van der Waals surface area contributed by atoms with Crippen LogP contribution in [0.4, 0.5) is 21.5 Å². The first-order valence-corrected chi connectivity index (χ1v) is 11.7. The zero-order valence-electron chi connectivity index (χ0n) is 19.1. The number of para-hydroxylation sites is 1. The van der Waals surface area contributed by atoms with Crippen molar-refractivity contribution >= 4 is 23.0 Å². The number of hydrogen-bond acceptors (Lipinski definition) is 6. The number of nitro benzene ring substituents is 1. The monoisotopic (exact) mass is 475 g/mol. The van der Waals surface area contributed by atoms with E-state index in [-0.39, 0.29) is 23.5 Å². The van der Waals surface area contributed by atoms with E-state index in [4.69, 9.17) is 0 Å². The van der Waals surface area contributed by atoms with Crippen molar-refractivity contribution in [3.05, 3.63) is 94.0 Å². The van der Waals surface area contributed by atoms with Crippen LogP contribution in [0.3, 0.4) is 0 Å². The molecule has 180 valence electrons. The van der Waals surface area contributed by atoms with Gasteiger partial charge in [0.15, 0.2) is 0 Å². The lowest BCUT2D eigenvalue weighted by Crippen LogP contribution is -2.61. The van der Waals surface area contributed by atoms with Crippen LogP contribution < -0.4 is 15.1 Å². The van der Waals surface area contributed by atoms with Gasteiger partial charge in [0.05, 0.1) is 22.6 Å². The summed E-state index contributed by atoms with van der Waals surface area (Å²) in [6.45, 7) is 2.09. The minimum absolute atomic E-state index is 0.0153. The Labute approximate surface area is 202 Å². The minimum Gasteiger partial charge on any atom is -0.365 e. The number of carbonyl (C=O) groups is 1. The number of halogens is 1. The molecular weight excluding hydrogens is 449 g/mol. The Morgan fingerprint density at radius 3 is 2.71 bits per heavy atom. The summed E-state index contributed by atoms with van der Waals surface area (Å²) in [7, 11) is 0. The molecule has 1 amide bonds. The van der Waals surface area contributed by atoms with Crippen molar-refractivity contribution in [1.82, 2.24) is 10.3 Å². The van der Waals surface area contributed by atoms with Gasteiger partial charge in [-0.1, -0.05) is 18.2 Å². The number of anilines is 2. The third-order valence-corrected chi connectivity index (χ3v) is 6.84. The molecule has 1 N–H and O–H groups in total. The van der Waals surface area contributed by atoms with Crippen LogP contribution in [0.25, 0.3) is 0 Å². The molecule has 5 rings (SSSR count). The van der Waals surface area contributed by atoms with Crippen molar-refractivity contribution in [3.63, 3.8) is 0 Å². The Balaban J connectivity index is 1.40. The van der Waals surface area contributed by atoms with Crippen LogP contribution in [0.2, 0.25) is 0 Å². The van der Waals surface area contributed by atoms with Gasteiger partial charge in [-0.25, -0.2) is 4.39 Å². The van der Waals surface area contributed by atoms with Gasteiger partial charge in [-0.05, 0) is 42.3 Å². The average molecular weight is 476 g/mol. The molecule has 0 spiro atoms. The number of rotatable bonds is 6. The van der Waals surface area contributed by atoms with Crippen LogP contribution >= 0.6 is 0 Å². The lowest BCUT2D eigenvalue weighted by Gasteiger charge is -2.49. The van der Waals surface area contributed by atoms with Crippen LogP contribution in [0.15, 0.2) is 66.9 Å². The summed E-state index contributed by atoms with van der Waals surface area (Å²) in [6.07, 6.45) is 2.72. The van der Waals surface area contributed by atoms with E-state index in [1.165, 1.54) is 12.1 Å². The maximum Gasteiger partial charge on any atom is 0.269 e. The number of benzene rings is 2. The van der Waals surface area contributed by atoms with Crippen LogP contribution in [-0.2, 0) is 17.6 Å². The molecule has 0 radical (unpaired) electrons. The second-order valence-corrected chi connectivity index (χ2v) is 8.90. The third kappa shape index (κ3) is 4.66. The third-order valence-electron chi connectivity index (χ3n) is 6.84. The molecule has 1 saturated heterocycles. The van der Waals surface area contributed by atoms with Crippen molar-refractivity contribution in [2.45, 2.75) is 18.9 Å². The van der Waals surface area contributed by atoms with Gasteiger partial charge >= 0.3 is 0 Å². The molecule has 9 heteroatoms. The number of non-ortho nitro benzene ring substituents is 1. The van der Waals surface area contributed by atoms with E-state index in [0.29, 0.717) is 44.7 Å². The summed E-state index contributed by atoms with van der Waals surface area (Å²) in [6, 6.07) is 17.0. The highest BCUT2D eigenvalue weighted by Crippen LogP contribution is 2.38. The van der Waals surface area contributed by atoms with E-state index < -0.39 is 10.8 Å². The average Bonchev–Trinajstić information content (AvgIpc) is 2.88. The number of aromatic nitrogens is 1. The van der Waals surface area contributed by atoms with Gasteiger partial charge in [-0.15, -0.1) is 0 Å². The standard InChI is InChI=1S/C26H26FN5O3/c27-22-6-1-2-7-24(22)30-13-14-31-23-9-8-20(32(34)35)15-18(23)16-21(25(31)17-30)26(33)29-12-10-19-5-3-4-11-28-19/h1-9,11,15,21,25H,10,12-14,16-17H2,(H,29,33). The molecule has 1 fully saturated rings. The number of carbonyl (C=O) groups excluding carboxylic acids is 1. The number of piperazine rings is 1. The van der Waals surface area contributed by atoms with Crippen LogP contribution in [-0.4, -0.2) is 48.0 Å². The predicted molar refractivity (Wildman–Crippen MR) is 131 cm³/mol. The molecule has 2 aliphatic rings. The van der Waals surface area contributed by atoms with Gasteiger partial charge in [0.2, 0.25) is 5.91 Å². The van der Waals surface area contributed by atoms with Gasteiger partial charge in [0.1, 0.15) is 5.82 Å². The lowest BCUT2D eigenvalue weighted by molar-refractivity contribution is -0.384. The molecule has 2 aromatic carbocycles. The van der Waals surface area contributed by atoms with E-state index in [2.05, 4.69) is 15.2 Å². The fraction of sp³-hybridized carbons (Fsp3) is 0.308. The summed E-state index contributed by atoms with van der Waals surface area (Å²) in [4.78, 5) is 32.8. The highest BCUT2D eigenvalue weighted by atomic mass is 19.1. The molecule has 3 heterocycles. The van der Waals surface area contributed by atoms with Crippen molar-refractivity contribution in [2.24, 2.45) is 5.92 Å². The highest BCUT2D eigenvalue weighted by molar-refractivity contribution is 5.82. The second kappa shape index (κ2) is 9.69. The van der Waals surface area contributed by atoms with Crippen LogP contribution in [0.5, 0.6) is 0 Å². The Bertz CT molecular complexity index is 1240. The zero-order chi connectivity index (χ0) is 24.4. The normalized spacial score (nSPS) is 19.0. The van der Waals surface area contributed by atoms with Gasteiger partial charge in [-0.2, -0.15) is 0 Å². The second-order valence-electron chi connectivity index (χ2n) is 8.90. The van der Waals surface area contributed by atoms with Gasteiger partial charge in [0.25, 0.3) is 5.69 Å². The zero-order valence-corrected chi connectivity index (χ0v) is 19.1. The summed E-state index contributed by atoms with van der Waals surface area (Å²) >= 11 is 0. The highest BCUT2D eigenvalue weighted by Gasteiger charge is 2.42. The molecule has 35 heavy (non-hydrogen) atoms. The molecule has 0 saturated carbocycles. The molecule has 2 unspecified atom stereocenters. The SMILES string of the molecule is O=C(NCCc1ccccn1)C1Cc2cc([N+](=O)[O-])ccc2N2CCN(c3ccccc3F)CC12. The quantitative estimate of drug-likeness (QED) is 0.434. The molecule has 3 aromatic rings. The Morgan fingerprint density at radius 1 is 1.11 bits per heavy atom. The number of amides is 1. The summed E-state index contributed by atoms with van der Waals surface area (Å²) < 4.78 is 14.5. The molecule has 2 aliphatic heterocycles. The van der Waals surface area contributed by atoms with E-state index in [9.17, 15) is 19.3 Å². The number of pyridine rings is 1. The number of fused-ring (bicyclic) bond motifs is 3. The van der Waals surface area contributed by atoms with Crippen LogP contribution in [0, 0.1) is 21.8 Å². The summed E-state index contributed by atoms with van der Waals surface area (Å²) in [5.41, 5.74) is 3.13. The predicted octanol–water partition coefficient (Wildman–Crippen LogP) is 3.36. The summed E-state index contributed by atoms with van der Waals surface area (Å²) in [5.74, 6) is -0.824. The van der Waals surface area contributed by atoms with E-state index >= 15 is 0 Å². The molecule has 2 atom stereocenters. The fourth-order valence-electron chi connectivity index (χ4n) is 5.14. The number of hydrogen-bond donors (Lipinski definition) is 1. The Hall–Kier alpha value is -4.01. The Kier molecular flexibility index (Phi) is 6.31. The van der Waals surface area contributed by atoms with E-state index in [1.54, 1.807) is 30.5 Å². The van der Waals surface area contributed by atoms with Crippen molar-refractivity contribution < 1.29 is 14.1 Å². The first kappa shape index (κ1) is 22.8. The van der Waals surface area contributed by atoms with E-state index in [1.807, 2.05) is 29.2 Å². The van der Waals surface area contributed by atoms with Crippen molar-refractivity contribution in [3.8, 4) is 0 Å².